The maximum atomic E-state index is 13.7. The van der Waals surface area contributed by atoms with E-state index >= 15 is 0 Å². The molecule has 3 fully saturated rings. The quantitative estimate of drug-likeness (QED) is 0.0895. The van der Waals surface area contributed by atoms with Crippen molar-refractivity contribution in [1.82, 2.24) is 15.2 Å². The van der Waals surface area contributed by atoms with Crippen molar-refractivity contribution in [2.45, 2.75) is 44.6 Å². The van der Waals surface area contributed by atoms with E-state index in [1.54, 1.807) is 17.0 Å². The summed E-state index contributed by atoms with van der Waals surface area (Å²) >= 11 is 0. The van der Waals surface area contributed by atoms with Crippen LogP contribution >= 0.6 is 0 Å². The number of anilines is 1. The molecule has 4 heterocycles. The first kappa shape index (κ1) is 38.0. The molecule has 4 N–H and O–H groups in total. The Balaban J connectivity index is 0.854. The summed E-state index contributed by atoms with van der Waals surface area (Å²) in [6, 6.07) is 40.7. The molecule has 5 aromatic carbocycles. The van der Waals surface area contributed by atoms with Gasteiger partial charge in [-0.1, -0.05) is 84.9 Å². The van der Waals surface area contributed by atoms with Crippen LogP contribution in [0.3, 0.4) is 0 Å². The second-order valence-corrected chi connectivity index (χ2v) is 15.1. The van der Waals surface area contributed by atoms with Gasteiger partial charge in [-0.2, -0.15) is 0 Å². The Morgan fingerprint density at radius 3 is 2.42 bits per heavy atom. The Bertz CT molecular complexity index is 2360. The molecule has 2 atom stereocenters. The van der Waals surface area contributed by atoms with Crippen LogP contribution in [-0.4, -0.2) is 65.1 Å². The summed E-state index contributed by atoms with van der Waals surface area (Å²) in [5.41, 5.74) is 6.82. The number of piperidine rings is 3. The topological polar surface area (TPSA) is 127 Å². The monoisotopic (exact) mass is 764 g/mol. The van der Waals surface area contributed by atoms with Crippen LogP contribution in [0.5, 0.6) is 11.5 Å². The molecule has 0 aliphatic carbocycles. The summed E-state index contributed by atoms with van der Waals surface area (Å²) in [7, 11) is 0. The number of aromatic nitrogens is 1. The van der Waals surface area contributed by atoms with Crippen molar-refractivity contribution in [3.63, 3.8) is 0 Å². The molecule has 6 aromatic rings. The zero-order valence-corrected chi connectivity index (χ0v) is 31.8. The van der Waals surface area contributed by atoms with Crippen molar-refractivity contribution in [3.05, 3.63) is 160 Å². The second kappa shape index (κ2) is 17.5. The van der Waals surface area contributed by atoms with E-state index in [0.29, 0.717) is 54.4 Å². The van der Waals surface area contributed by atoms with Crippen molar-refractivity contribution < 1.29 is 24.5 Å². The highest BCUT2D eigenvalue weighted by Gasteiger charge is 2.37. The zero-order chi connectivity index (χ0) is 39.1. The number of aliphatic hydroxyl groups is 1. The van der Waals surface area contributed by atoms with E-state index in [2.05, 4.69) is 51.6 Å². The number of H-pyrrole nitrogens is 1. The Hall–Kier alpha value is -5.94. The molecule has 3 saturated heterocycles. The van der Waals surface area contributed by atoms with E-state index in [1.807, 2.05) is 66.7 Å². The average Bonchev–Trinajstić information content (AvgIpc) is 3.24. The van der Waals surface area contributed by atoms with Crippen LogP contribution in [0.1, 0.15) is 41.2 Å². The number of fused-ring (bicyclic) bond motifs is 4. The van der Waals surface area contributed by atoms with Gasteiger partial charge in [-0.3, -0.25) is 14.6 Å². The third-order valence-electron chi connectivity index (χ3n) is 11.2. The standard InChI is InChI=1S/C47H48N4O6/c52-42-18-16-40(41-17-19-45(54)49-46(41)42)43(53)29-48-28-34-8-4-9-37(26-34)35-14-12-32(13-15-35)22-25-56-39-11-5-10-38(27-39)51(30-33-6-2-1-3-7-33)47(55)57-44-31-50-23-20-36(44)21-24-50/h1-19,26-27,36,43-44,48,52-53H,20-25,28-31H2,(H,49,54)/t43-,44-/m0/s1. The SMILES string of the molecule is O=C(O[C@H]1CN2CCC1CC2)N(Cc1ccccc1)c1cccc(OCCc2ccc(-c3cccc(CNC[C@H](O)c4ccc(O)c5[nH]c(=O)ccc45)c3)cc2)c1. The van der Waals surface area contributed by atoms with E-state index in [0.717, 1.165) is 72.4 Å². The third-order valence-corrected chi connectivity index (χ3v) is 11.2. The number of rotatable bonds is 14. The van der Waals surface area contributed by atoms with Crippen molar-refractivity contribution in [2.24, 2.45) is 5.92 Å². The Kier molecular flexibility index (Phi) is 11.6. The van der Waals surface area contributed by atoms with E-state index in [-0.39, 0.29) is 23.5 Å². The predicted octanol–water partition coefficient (Wildman–Crippen LogP) is 7.58. The smallest absolute Gasteiger partial charge is 0.414 e. The van der Waals surface area contributed by atoms with Crippen LogP contribution in [0, 0.1) is 5.92 Å². The van der Waals surface area contributed by atoms with Crippen LogP contribution in [0.15, 0.2) is 132 Å². The van der Waals surface area contributed by atoms with Crippen molar-refractivity contribution in [2.75, 3.05) is 37.7 Å². The molecule has 0 unspecified atom stereocenters. The lowest BCUT2D eigenvalue weighted by Crippen LogP contribution is -2.53. The molecule has 10 nitrogen and oxygen atoms in total. The van der Waals surface area contributed by atoms with Gasteiger partial charge in [0.05, 0.1) is 30.5 Å². The molecule has 0 spiro atoms. The predicted molar refractivity (Wildman–Crippen MR) is 222 cm³/mol. The fraction of sp³-hybridized carbons (Fsp3) is 0.277. The van der Waals surface area contributed by atoms with Gasteiger partial charge in [-0.25, -0.2) is 4.79 Å². The molecule has 292 valence electrons. The van der Waals surface area contributed by atoms with Gasteiger partial charge in [-0.15, -0.1) is 0 Å². The molecule has 0 radical (unpaired) electrons. The van der Waals surface area contributed by atoms with Crippen molar-refractivity contribution in [1.29, 1.82) is 0 Å². The van der Waals surface area contributed by atoms with Crippen molar-refractivity contribution >= 4 is 22.7 Å². The fourth-order valence-corrected chi connectivity index (χ4v) is 8.03. The first-order valence-corrected chi connectivity index (χ1v) is 19.8. The van der Waals surface area contributed by atoms with Gasteiger partial charge < -0.3 is 30.0 Å². The second-order valence-electron chi connectivity index (χ2n) is 15.1. The van der Waals surface area contributed by atoms with Crippen LogP contribution in [0.25, 0.3) is 22.0 Å². The number of nitrogens with zero attached hydrogens (tertiary/aromatic N) is 2. The molecule has 1 amide bonds. The first-order valence-electron chi connectivity index (χ1n) is 19.8. The number of carbonyl (C=O) groups excluding carboxylic acids is 1. The highest BCUT2D eigenvalue weighted by Crippen LogP contribution is 2.32. The highest BCUT2D eigenvalue weighted by molar-refractivity contribution is 5.88. The molecule has 1 aromatic heterocycles. The van der Waals surface area contributed by atoms with Gasteiger partial charge in [0, 0.05) is 43.6 Å². The van der Waals surface area contributed by atoms with E-state index in [4.69, 9.17) is 9.47 Å². The van der Waals surface area contributed by atoms with Gasteiger partial charge in [0.25, 0.3) is 0 Å². The van der Waals surface area contributed by atoms with E-state index < -0.39 is 6.10 Å². The lowest BCUT2D eigenvalue weighted by molar-refractivity contribution is -0.0311. The van der Waals surface area contributed by atoms with E-state index in [9.17, 15) is 19.8 Å². The molecular weight excluding hydrogens is 717 g/mol. The Morgan fingerprint density at radius 1 is 0.842 bits per heavy atom. The number of aromatic hydroxyl groups is 1. The first-order chi connectivity index (χ1) is 27.9. The van der Waals surface area contributed by atoms with Gasteiger partial charge in [0.1, 0.15) is 17.6 Å². The van der Waals surface area contributed by atoms with Crippen LogP contribution in [0.4, 0.5) is 10.5 Å². The molecule has 9 rings (SSSR count). The van der Waals surface area contributed by atoms with Gasteiger partial charge in [-0.05, 0) is 95.6 Å². The summed E-state index contributed by atoms with van der Waals surface area (Å²) in [6.07, 6.45) is 1.65. The molecule has 0 saturated carbocycles. The molecular formula is C47H48N4O6. The maximum Gasteiger partial charge on any atom is 0.414 e. The van der Waals surface area contributed by atoms with Crippen molar-refractivity contribution in [3.8, 4) is 22.6 Å². The molecule has 10 heteroatoms. The van der Waals surface area contributed by atoms with Crippen LogP contribution < -0.4 is 20.5 Å². The Morgan fingerprint density at radius 2 is 1.63 bits per heavy atom. The number of pyridine rings is 1. The summed E-state index contributed by atoms with van der Waals surface area (Å²) in [4.78, 5) is 32.3. The maximum absolute atomic E-state index is 13.7. The Labute approximate surface area is 332 Å². The zero-order valence-electron chi connectivity index (χ0n) is 31.8. The summed E-state index contributed by atoms with van der Waals surface area (Å²) in [5.74, 6) is 1.09. The minimum absolute atomic E-state index is 0.0342. The number of benzene rings is 5. The lowest BCUT2D eigenvalue weighted by Gasteiger charge is -2.44. The number of aliphatic hydroxyl groups excluding tert-OH is 1. The number of amides is 1. The van der Waals surface area contributed by atoms with Gasteiger partial charge in [0.15, 0.2) is 0 Å². The molecule has 2 bridgehead atoms. The summed E-state index contributed by atoms with van der Waals surface area (Å²) in [5, 5.41) is 25.1. The number of ether oxygens (including phenoxy) is 2. The minimum Gasteiger partial charge on any atom is -0.506 e. The molecule has 57 heavy (non-hydrogen) atoms. The van der Waals surface area contributed by atoms with E-state index in [1.165, 1.54) is 12.1 Å². The number of aromatic amines is 1. The fourth-order valence-electron chi connectivity index (χ4n) is 8.03. The van der Waals surface area contributed by atoms with Crippen LogP contribution in [-0.2, 0) is 24.2 Å². The lowest BCUT2D eigenvalue weighted by atomic mass is 9.86. The number of phenols is 1. The van der Waals surface area contributed by atoms with Gasteiger partial charge >= 0.3 is 6.09 Å². The van der Waals surface area contributed by atoms with Crippen LogP contribution in [0.2, 0.25) is 0 Å². The number of phenolic OH excluding ortho intramolecular Hbond substituents is 1. The number of hydrogen-bond donors (Lipinski definition) is 4. The summed E-state index contributed by atoms with van der Waals surface area (Å²) < 4.78 is 12.4. The number of hydrogen-bond acceptors (Lipinski definition) is 8. The highest BCUT2D eigenvalue weighted by atomic mass is 16.6. The number of carbonyl (C=O) groups is 1. The normalized spacial score (nSPS) is 17.9. The summed E-state index contributed by atoms with van der Waals surface area (Å²) in [6.45, 7) is 4.72. The third kappa shape index (κ3) is 9.21. The molecule has 3 aliphatic rings. The van der Waals surface area contributed by atoms with Gasteiger partial charge in [0.2, 0.25) is 5.56 Å². The largest absolute Gasteiger partial charge is 0.506 e. The number of nitrogens with one attached hydrogen (secondary N) is 2. The minimum atomic E-state index is -0.833. The average molecular weight is 765 g/mol. The molecule has 3 aliphatic heterocycles.